The second-order valence-electron chi connectivity index (χ2n) is 8.08. The molecule has 176 valence electrons. The minimum Gasteiger partial charge on any atom is -0.396 e. The molecule has 3 rings (SSSR count). The Bertz CT molecular complexity index is 805. The van der Waals surface area contributed by atoms with Gasteiger partial charge in [0.05, 0.1) is 18.0 Å². The van der Waals surface area contributed by atoms with Crippen LogP contribution in [0.4, 0.5) is 0 Å². The van der Waals surface area contributed by atoms with E-state index in [4.69, 9.17) is 4.74 Å². The van der Waals surface area contributed by atoms with Crippen LogP contribution in [0.15, 0.2) is 34.2 Å². The molecule has 1 aromatic rings. The first-order valence-corrected chi connectivity index (χ1v) is 12.2. The van der Waals surface area contributed by atoms with E-state index in [0.29, 0.717) is 50.1 Å². The number of aliphatic hydroxyl groups is 1. The van der Waals surface area contributed by atoms with Crippen LogP contribution < -0.4 is 10.6 Å². The maximum Gasteiger partial charge on any atom is 0.243 e. The van der Waals surface area contributed by atoms with Crippen LogP contribution in [-0.2, 0) is 21.3 Å². The number of rotatable bonds is 9. The van der Waals surface area contributed by atoms with Crippen molar-refractivity contribution in [1.82, 2.24) is 14.9 Å². The van der Waals surface area contributed by atoms with E-state index in [2.05, 4.69) is 15.6 Å². The van der Waals surface area contributed by atoms with E-state index in [1.807, 2.05) is 19.1 Å². The van der Waals surface area contributed by atoms with Crippen molar-refractivity contribution in [2.24, 2.45) is 10.4 Å². The minimum absolute atomic E-state index is 0. The number of sulfonamides is 1. The van der Waals surface area contributed by atoms with Crippen molar-refractivity contribution < 1.29 is 18.3 Å². The molecule has 0 aromatic heterocycles. The van der Waals surface area contributed by atoms with Gasteiger partial charge in [0.1, 0.15) is 0 Å². The number of aliphatic hydroxyl groups excluding tert-OH is 1. The van der Waals surface area contributed by atoms with Gasteiger partial charge in [-0.1, -0.05) is 12.1 Å². The molecule has 1 aromatic carbocycles. The van der Waals surface area contributed by atoms with Gasteiger partial charge in [-0.3, -0.25) is 0 Å². The average molecular weight is 567 g/mol. The van der Waals surface area contributed by atoms with Crippen LogP contribution >= 0.6 is 24.0 Å². The normalized spacial score (nSPS) is 22.3. The molecule has 0 amide bonds. The second-order valence-corrected chi connectivity index (χ2v) is 10.0. The molecule has 0 saturated carbocycles. The Balaban J connectivity index is 0.00000341. The van der Waals surface area contributed by atoms with Gasteiger partial charge in [0.2, 0.25) is 10.0 Å². The van der Waals surface area contributed by atoms with E-state index >= 15 is 0 Å². The van der Waals surface area contributed by atoms with Gasteiger partial charge in [0, 0.05) is 44.8 Å². The molecule has 0 bridgehead atoms. The lowest BCUT2D eigenvalue weighted by Crippen LogP contribution is -2.44. The van der Waals surface area contributed by atoms with Gasteiger partial charge in [-0.15, -0.1) is 24.0 Å². The number of nitrogens with zero attached hydrogens (tertiary/aromatic N) is 2. The van der Waals surface area contributed by atoms with Crippen LogP contribution in [0.25, 0.3) is 0 Å². The summed E-state index contributed by atoms with van der Waals surface area (Å²) in [5.41, 5.74) is 0.887. The lowest BCUT2D eigenvalue weighted by Gasteiger charge is -2.27. The Hall–Kier alpha value is -0.950. The molecule has 10 heteroatoms. The highest BCUT2D eigenvalue weighted by atomic mass is 127. The summed E-state index contributed by atoms with van der Waals surface area (Å²) in [5, 5.41) is 16.0. The zero-order valence-electron chi connectivity index (χ0n) is 18.2. The van der Waals surface area contributed by atoms with Crippen molar-refractivity contribution in [2.75, 3.05) is 46.0 Å². The third kappa shape index (κ3) is 7.01. The summed E-state index contributed by atoms with van der Waals surface area (Å²) in [6.45, 7) is 6.61. The Morgan fingerprint density at radius 3 is 2.52 bits per heavy atom. The van der Waals surface area contributed by atoms with Gasteiger partial charge in [0.15, 0.2) is 5.96 Å². The summed E-state index contributed by atoms with van der Waals surface area (Å²) in [6.07, 6.45) is 3.48. The fraction of sp³-hybridized carbons (Fsp3) is 0.667. The minimum atomic E-state index is -3.39. The second kappa shape index (κ2) is 12.3. The molecular weight excluding hydrogens is 531 g/mol. The molecule has 8 nitrogen and oxygen atoms in total. The van der Waals surface area contributed by atoms with Crippen LogP contribution in [0.1, 0.15) is 38.2 Å². The first kappa shape index (κ1) is 26.3. The van der Waals surface area contributed by atoms with Crippen molar-refractivity contribution >= 4 is 40.0 Å². The van der Waals surface area contributed by atoms with E-state index in [0.717, 1.165) is 38.0 Å². The standard InChI is InChI=1S/C21H34N4O4S.HI/c1-2-22-20(24-16-21(9-13-26)10-14-29-17-21)23-15-18-5-7-19(8-6-18)30(27,28)25-11-3-4-12-25;/h5-8,26H,2-4,9-17H2,1H3,(H2,22,23,24);1H. The van der Waals surface area contributed by atoms with E-state index in [1.54, 1.807) is 16.4 Å². The smallest absolute Gasteiger partial charge is 0.243 e. The van der Waals surface area contributed by atoms with Crippen LogP contribution in [0.3, 0.4) is 0 Å². The molecule has 2 heterocycles. The quantitative estimate of drug-likeness (QED) is 0.240. The third-order valence-electron chi connectivity index (χ3n) is 5.85. The van der Waals surface area contributed by atoms with Crippen LogP contribution in [0.2, 0.25) is 0 Å². The summed E-state index contributed by atoms with van der Waals surface area (Å²) in [7, 11) is -3.39. The number of aliphatic imine (C=N–C) groups is 1. The predicted octanol–water partition coefficient (Wildman–Crippen LogP) is 1.93. The summed E-state index contributed by atoms with van der Waals surface area (Å²) >= 11 is 0. The van der Waals surface area contributed by atoms with Gasteiger partial charge >= 0.3 is 0 Å². The monoisotopic (exact) mass is 566 g/mol. The summed E-state index contributed by atoms with van der Waals surface area (Å²) < 4.78 is 32.4. The Kier molecular flexibility index (Phi) is 10.5. The first-order valence-electron chi connectivity index (χ1n) is 10.8. The number of hydrogen-bond donors (Lipinski definition) is 3. The van der Waals surface area contributed by atoms with E-state index in [1.165, 1.54) is 0 Å². The SMILES string of the molecule is CCNC(=NCc1ccc(S(=O)(=O)N2CCCC2)cc1)NCC1(CCO)CCOC1.I. The summed E-state index contributed by atoms with van der Waals surface area (Å²) in [5.74, 6) is 0.704. The van der Waals surface area contributed by atoms with Crippen LogP contribution in [0, 0.1) is 5.41 Å². The Morgan fingerprint density at radius 1 is 1.23 bits per heavy atom. The van der Waals surface area contributed by atoms with Crippen LogP contribution in [-0.4, -0.2) is 69.8 Å². The van der Waals surface area contributed by atoms with E-state index < -0.39 is 10.0 Å². The number of nitrogens with one attached hydrogen (secondary N) is 2. The van der Waals surface area contributed by atoms with Crippen molar-refractivity contribution in [3.05, 3.63) is 29.8 Å². The van der Waals surface area contributed by atoms with Crippen molar-refractivity contribution in [3.63, 3.8) is 0 Å². The highest BCUT2D eigenvalue weighted by Crippen LogP contribution is 2.31. The van der Waals surface area contributed by atoms with Crippen molar-refractivity contribution in [1.29, 1.82) is 0 Å². The number of hydrogen-bond acceptors (Lipinski definition) is 5. The molecule has 0 aliphatic carbocycles. The lowest BCUT2D eigenvalue weighted by atomic mass is 9.84. The van der Waals surface area contributed by atoms with Crippen LogP contribution in [0.5, 0.6) is 0 Å². The van der Waals surface area contributed by atoms with E-state index in [9.17, 15) is 13.5 Å². The molecule has 3 N–H and O–H groups in total. The van der Waals surface area contributed by atoms with Gasteiger partial charge < -0.3 is 20.5 Å². The fourth-order valence-corrected chi connectivity index (χ4v) is 5.46. The topological polar surface area (TPSA) is 103 Å². The number of guanidine groups is 1. The zero-order valence-corrected chi connectivity index (χ0v) is 21.3. The highest BCUT2D eigenvalue weighted by Gasteiger charge is 2.34. The molecule has 31 heavy (non-hydrogen) atoms. The molecule has 2 aliphatic rings. The predicted molar refractivity (Wildman–Crippen MR) is 132 cm³/mol. The van der Waals surface area contributed by atoms with Crippen molar-refractivity contribution in [2.45, 2.75) is 44.0 Å². The summed E-state index contributed by atoms with van der Waals surface area (Å²) in [6, 6.07) is 7.00. The molecule has 2 fully saturated rings. The zero-order chi connectivity index (χ0) is 21.5. The van der Waals surface area contributed by atoms with Gasteiger partial charge in [-0.25, -0.2) is 13.4 Å². The molecular formula is C21H35IN4O4S. The highest BCUT2D eigenvalue weighted by molar-refractivity contribution is 14.0. The maximum atomic E-state index is 12.6. The maximum absolute atomic E-state index is 12.6. The number of ether oxygens (including phenoxy) is 1. The third-order valence-corrected chi connectivity index (χ3v) is 7.76. The van der Waals surface area contributed by atoms with Gasteiger partial charge in [0.25, 0.3) is 0 Å². The Labute approximate surface area is 202 Å². The summed E-state index contributed by atoms with van der Waals surface area (Å²) in [4.78, 5) is 4.98. The van der Waals surface area contributed by atoms with Gasteiger partial charge in [-0.05, 0) is 50.3 Å². The molecule has 2 saturated heterocycles. The number of benzene rings is 1. The molecule has 1 atom stereocenters. The average Bonchev–Trinajstić information content (AvgIpc) is 3.44. The van der Waals surface area contributed by atoms with E-state index in [-0.39, 0.29) is 36.0 Å². The lowest BCUT2D eigenvalue weighted by molar-refractivity contribution is 0.127. The molecule has 0 radical (unpaired) electrons. The fourth-order valence-electron chi connectivity index (χ4n) is 3.94. The largest absolute Gasteiger partial charge is 0.396 e. The molecule has 0 spiro atoms. The van der Waals surface area contributed by atoms with Gasteiger partial charge in [-0.2, -0.15) is 4.31 Å². The number of halogens is 1. The molecule has 1 unspecified atom stereocenters. The Morgan fingerprint density at radius 2 is 1.94 bits per heavy atom. The first-order chi connectivity index (χ1) is 14.5. The molecule has 2 aliphatic heterocycles. The van der Waals surface area contributed by atoms with Crippen molar-refractivity contribution in [3.8, 4) is 0 Å².